The maximum Gasteiger partial charge on any atom is 0.226 e. The van der Waals surface area contributed by atoms with Gasteiger partial charge >= 0.3 is 0 Å². The van der Waals surface area contributed by atoms with Crippen molar-refractivity contribution < 1.29 is 4.74 Å². The Morgan fingerprint density at radius 1 is 1.09 bits per heavy atom. The number of thiophene rings is 1. The molecule has 0 radical (unpaired) electrons. The summed E-state index contributed by atoms with van der Waals surface area (Å²) in [5, 5.41) is 4.19. The smallest absolute Gasteiger partial charge is 0.226 e. The van der Waals surface area contributed by atoms with E-state index in [2.05, 4.69) is 31.7 Å². The van der Waals surface area contributed by atoms with E-state index in [1.165, 1.54) is 0 Å². The van der Waals surface area contributed by atoms with Gasteiger partial charge in [-0.3, -0.25) is 4.98 Å². The molecule has 0 unspecified atom stereocenters. The van der Waals surface area contributed by atoms with Gasteiger partial charge in [0.1, 0.15) is 0 Å². The van der Waals surface area contributed by atoms with Crippen LogP contribution in [-0.2, 0) is 4.74 Å². The summed E-state index contributed by atoms with van der Waals surface area (Å²) in [6, 6.07) is 6.06. The summed E-state index contributed by atoms with van der Waals surface area (Å²) in [5.74, 6) is 0.756. The van der Waals surface area contributed by atoms with Gasteiger partial charge in [0.15, 0.2) is 0 Å². The Labute approximate surface area is 138 Å². The molecule has 0 amide bonds. The second-order valence-corrected chi connectivity index (χ2v) is 6.07. The molecule has 1 aliphatic heterocycles. The zero-order chi connectivity index (χ0) is 15.5. The molecule has 1 saturated heterocycles. The Morgan fingerprint density at radius 2 is 2.00 bits per heavy atom. The van der Waals surface area contributed by atoms with Crippen LogP contribution in [0.1, 0.15) is 0 Å². The van der Waals surface area contributed by atoms with E-state index in [1.54, 1.807) is 17.5 Å². The Hall–Kier alpha value is -2.31. The molecule has 5 nitrogen and oxygen atoms in total. The first-order valence-electron chi connectivity index (χ1n) is 7.54. The number of nitrogens with zero attached hydrogens (tertiary/aromatic N) is 4. The van der Waals surface area contributed by atoms with E-state index in [-0.39, 0.29) is 0 Å². The van der Waals surface area contributed by atoms with Gasteiger partial charge in [0.05, 0.1) is 18.9 Å². The molecule has 0 N–H and O–H groups in total. The minimum absolute atomic E-state index is 0.720. The van der Waals surface area contributed by atoms with E-state index < -0.39 is 0 Å². The Kier molecular flexibility index (Phi) is 4.00. The van der Waals surface area contributed by atoms with Gasteiger partial charge < -0.3 is 9.64 Å². The van der Waals surface area contributed by atoms with E-state index >= 15 is 0 Å². The molecule has 6 heteroatoms. The van der Waals surface area contributed by atoms with Gasteiger partial charge in [-0.2, -0.15) is 11.3 Å². The summed E-state index contributed by atoms with van der Waals surface area (Å²) < 4.78 is 5.41. The van der Waals surface area contributed by atoms with Crippen LogP contribution in [0.15, 0.2) is 47.5 Å². The molecule has 116 valence electrons. The number of anilines is 1. The van der Waals surface area contributed by atoms with Crippen LogP contribution in [0.5, 0.6) is 0 Å². The van der Waals surface area contributed by atoms with Crippen LogP contribution in [-0.4, -0.2) is 41.3 Å². The maximum absolute atomic E-state index is 5.41. The van der Waals surface area contributed by atoms with Crippen molar-refractivity contribution in [2.75, 3.05) is 31.2 Å². The van der Waals surface area contributed by atoms with E-state index in [9.17, 15) is 0 Å². The highest BCUT2D eigenvalue weighted by Crippen LogP contribution is 2.32. The fourth-order valence-corrected chi connectivity index (χ4v) is 3.30. The topological polar surface area (TPSA) is 51.1 Å². The molecule has 3 aromatic heterocycles. The zero-order valence-corrected chi connectivity index (χ0v) is 13.4. The van der Waals surface area contributed by atoms with Gasteiger partial charge in [-0.15, -0.1) is 0 Å². The van der Waals surface area contributed by atoms with Crippen molar-refractivity contribution in [1.82, 2.24) is 15.0 Å². The number of pyridine rings is 1. The lowest BCUT2D eigenvalue weighted by Crippen LogP contribution is -2.37. The molecule has 1 aliphatic rings. The fraction of sp³-hybridized carbons (Fsp3) is 0.235. The molecule has 0 aromatic carbocycles. The number of morpholine rings is 1. The first kappa shape index (κ1) is 14.3. The standard InChI is InChI=1S/C17H16N4OS/c1-2-13(10-18-4-1)16-15(14-3-9-23-12-14)11-19-17(20-16)21-5-7-22-8-6-21/h1-4,9-12H,5-8H2. The third-order valence-corrected chi connectivity index (χ3v) is 4.52. The molecule has 4 rings (SSSR count). The van der Waals surface area contributed by atoms with Gasteiger partial charge in [-0.05, 0) is 34.5 Å². The van der Waals surface area contributed by atoms with Crippen LogP contribution in [0.25, 0.3) is 22.4 Å². The summed E-state index contributed by atoms with van der Waals surface area (Å²) in [4.78, 5) is 15.8. The molecule has 23 heavy (non-hydrogen) atoms. The van der Waals surface area contributed by atoms with Crippen LogP contribution >= 0.6 is 11.3 Å². The molecule has 0 saturated carbocycles. The number of hydrogen-bond acceptors (Lipinski definition) is 6. The van der Waals surface area contributed by atoms with E-state index in [0.717, 1.165) is 54.6 Å². The molecular weight excluding hydrogens is 308 g/mol. The minimum Gasteiger partial charge on any atom is -0.378 e. The summed E-state index contributed by atoms with van der Waals surface area (Å²) in [6.45, 7) is 3.09. The Balaban J connectivity index is 1.81. The quantitative estimate of drug-likeness (QED) is 0.741. The van der Waals surface area contributed by atoms with Gasteiger partial charge in [-0.1, -0.05) is 0 Å². The highest BCUT2D eigenvalue weighted by Gasteiger charge is 2.17. The van der Waals surface area contributed by atoms with Crippen molar-refractivity contribution >= 4 is 17.3 Å². The van der Waals surface area contributed by atoms with Crippen LogP contribution in [0.2, 0.25) is 0 Å². The van der Waals surface area contributed by atoms with E-state index in [1.807, 2.05) is 24.5 Å². The predicted octanol–water partition coefficient (Wildman–Crippen LogP) is 3.10. The lowest BCUT2D eigenvalue weighted by molar-refractivity contribution is 0.122. The Morgan fingerprint density at radius 3 is 2.74 bits per heavy atom. The highest BCUT2D eigenvalue weighted by atomic mass is 32.1. The second kappa shape index (κ2) is 6.44. The average molecular weight is 324 g/mol. The van der Waals surface area contributed by atoms with Crippen molar-refractivity contribution in [2.45, 2.75) is 0 Å². The van der Waals surface area contributed by atoms with Gasteiger partial charge in [-0.25, -0.2) is 9.97 Å². The molecule has 0 atom stereocenters. The lowest BCUT2D eigenvalue weighted by atomic mass is 10.0. The van der Waals surface area contributed by atoms with Gasteiger partial charge in [0, 0.05) is 42.8 Å². The number of ether oxygens (including phenoxy) is 1. The second-order valence-electron chi connectivity index (χ2n) is 5.29. The number of aromatic nitrogens is 3. The molecule has 3 aromatic rings. The van der Waals surface area contributed by atoms with Crippen molar-refractivity contribution in [1.29, 1.82) is 0 Å². The molecule has 0 spiro atoms. The third-order valence-electron chi connectivity index (χ3n) is 3.84. The largest absolute Gasteiger partial charge is 0.378 e. The maximum atomic E-state index is 5.41. The summed E-state index contributed by atoms with van der Waals surface area (Å²) in [6.07, 6.45) is 5.54. The van der Waals surface area contributed by atoms with Gasteiger partial charge in [0.2, 0.25) is 5.95 Å². The first-order valence-corrected chi connectivity index (χ1v) is 8.49. The van der Waals surface area contributed by atoms with Crippen molar-refractivity contribution in [2.24, 2.45) is 0 Å². The van der Waals surface area contributed by atoms with Crippen LogP contribution in [0.3, 0.4) is 0 Å². The summed E-state index contributed by atoms with van der Waals surface area (Å²) in [7, 11) is 0. The molecule has 0 bridgehead atoms. The highest BCUT2D eigenvalue weighted by molar-refractivity contribution is 7.08. The zero-order valence-electron chi connectivity index (χ0n) is 12.6. The lowest BCUT2D eigenvalue weighted by Gasteiger charge is -2.27. The SMILES string of the molecule is c1cncc(-c2nc(N3CCOCC3)ncc2-c2ccsc2)c1. The summed E-state index contributed by atoms with van der Waals surface area (Å²) in [5.41, 5.74) is 4.11. The van der Waals surface area contributed by atoms with Crippen LogP contribution in [0.4, 0.5) is 5.95 Å². The Bertz CT molecular complexity index is 771. The van der Waals surface area contributed by atoms with Crippen molar-refractivity contribution in [3.05, 3.63) is 47.5 Å². The molecule has 1 fully saturated rings. The van der Waals surface area contributed by atoms with Crippen molar-refractivity contribution in [3.8, 4) is 22.4 Å². The number of hydrogen-bond donors (Lipinski definition) is 0. The monoisotopic (exact) mass is 324 g/mol. The number of rotatable bonds is 3. The average Bonchev–Trinajstić information content (AvgIpc) is 3.17. The fourth-order valence-electron chi connectivity index (χ4n) is 2.64. The normalized spacial score (nSPS) is 14.9. The van der Waals surface area contributed by atoms with Crippen LogP contribution in [0, 0.1) is 0 Å². The molecule has 0 aliphatic carbocycles. The van der Waals surface area contributed by atoms with Crippen LogP contribution < -0.4 is 4.90 Å². The predicted molar refractivity (Wildman–Crippen MR) is 91.6 cm³/mol. The van der Waals surface area contributed by atoms with Gasteiger partial charge in [0.25, 0.3) is 0 Å². The van der Waals surface area contributed by atoms with E-state index in [0.29, 0.717) is 0 Å². The third kappa shape index (κ3) is 2.95. The van der Waals surface area contributed by atoms with E-state index in [4.69, 9.17) is 9.72 Å². The first-order chi connectivity index (χ1) is 11.4. The molecular formula is C17H16N4OS. The summed E-state index contributed by atoms with van der Waals surface area (Å²) >= 11 is 1.67. The van der Waals surface area contributed by atoms with Crippen molar-refractivity contribution in [3.63, 3.8) is 0 Å². The minimum atomic E-state index is 0.720. The molecule has 4 heterocycles.